The number of aliphatic hydroxyl groups is 1. The summed E-state index contributed by atoms with van der Waals surface area (Å²) in [6.07, 6.45) is -1.56. The molecule has 1 unspecified atom stereocenters. The first-order chi connectivity index (χ1) is 7.52. The molecule has 0 heterocycles. The monoisotopic (exact) mass is 290 g/mol. The average molecular weight is 291 g/mol. The van der Waals surface area contributed by atoms with Crippen molar-refractivity contribution in [3.8, 4) is 11.5 Å². The molecule has 1 aromatic carbocycles. The molecule has 0 saturated carbocycles. The minimum atomic E-state index is -1.56. The lowest BCUT2D eigenvalue weighted by Crippen LogP contribution is -2.14. The maximum Gasteiger partial charge on any atom is 0.339 e. The summed E-state index contributed by atoms with van der Waals surface area (Å²) in [5, 5.41) is 19.4. The van der Waals surface area contributed by atoms with Gasteiger partial charge in [0.05, 0.1) is 19.8 Å². The van der Waals surface area contributed by atoms with Gasteiger partial charge in [-0.1, -0.05) is 15.9 Å². The Morgan fingerprint density at radius 3 is 2.56 bits per heavy atom. The van der Waals surface area contributed by atoms with E-state index in [1.54, 1.807) is 6.07 Å². The van der Waals surface area contributed by atoms with Crippen LogP contribution in [0.15, 0.2) is 16.6 Å². The van der Waals surface area contributed by atoms with Crippen LogP contribution < -0.4 is 4.74 Å². The van der Waals surface area contributed by atoms with E-state index in [1.807, 2.05) is 0 Å². The summed E-state index contributed by atoms with van der Waals surface area (Å²) in [6, 6.07) is 3.06. The van der Waals surface area contributed by atoms with E-state index in [4.69, 9.17) is 4.74 Å². The number of aromatic hydroxyl groups is 1. The molecule has 0 fully saturated rings. The predicted octanol–water partition coefficient (Wildman–Crippen LogP) is 1.37. The molecule has 0 saturated heterocycles. The molecule has 1 aromatic rings. The average Bonchev–Trinajstić information content (AvgIpc) is 2.28. The molecule has 0 radical (unpaired) electrons. The molecule has 0 aliphatic heterocycles. The van der Waals surface area contributed by atoms with E-state index in [0.29, 0.717) is 4.47 Å². The standard InChI is InChI=1S/C10H11BrO5/c1-15-6-4-3-5(11)7(8(6)12)9(13)10(14)16-2/h3-4,9,12-13H,1-2H3. The normalized spacial score (nSPS) is 12.0. The lowest BCUT2D eigenvalue weighted by atomic mass is 10.1. The number of hydrogen-bond donors (Lipinski definition) is 2. The molecular weight excluding hydrogens is 280 g/mol. The van der Waals surface area contributed by atoms with Crippen LogP contribution in [0.1, 0.15) is 11.7 Å². The first-order valence-corrected chi connectivity index (χ1v) is 5.13. The zero-order valence-corrected chi connectivity index (χ0v) is 10.3. The van der Waals surface area contributed by atoms with Crippen molar-refractivity contribution >= 4 is 21.9 Å². The van der Waals surface area contributed by atoms with Crippen LogP contribution in [0, 0.1) is 0 Å². The van der Waals surface area contributed by atoms with Gasteiger partial charge in [-0.2, -0.15) is 0 Å². The summed E-state index contributed by atoms with van der Waals surface area (Å²) >= 11 is 3.13. The van der Waals surface area contributed by atoms with Crippen molar-refractivity contribution in [2.24, 2.45) is 0 Å². The van der Waals surface area contributed by atoms with E-state index in [2.05, 4.69) is 20.7 Å². The van der Waals surface area contributed by atoms with Crippen molar-refractivity contribution in [3.63, 3.8) is 0 Å². The quantitative estimate of drug-likeness (QED) is 0.823. The fraction of sp³-hybridized carbons (Fsp3) is 0.300. The zero-order chi connectivity index (χ0) is 12.3. The number of phenols is 1. The fourth-order valence-electron chi connectivity index (χ4n) is 1.22. The second-order valence-corrected chi connectivity index (χ2v) is 3.79. The van der Waals surface area contributed by atoms with Crippen LogP contribution in [0.3, 0.4) is 0 Å². The van der Waals surface area contributed by atoms with Crippen LogP contribution in [0.25, 0.3) is 0 Å². The van der Waals surface area contributed by atoms with Crippen LogP contribution in [-0.2, 0) is 9.53 Å². The lowest BCUT2D eigenvalue weighted by molar-refractivity contribution is -0.150. The molecule has 0 aliphatic carbocycles. The molecule has 0 aromatic heterocycles. The van der Waals surface area contributed by atoms with Gasteiger partial charge in [-0.05, 0) is 12.1 Å². The fourth-order valence-corrected chi connectivity index (χ4v) is 1.75. The van der Waals surface area contributed by atoms with E-state index in [-0.39, 0.29) is 17.1 Å². The number of ether oxygens (including phenoxy) is 2. The van der Waals surface area contributed by atoms with Crippen molar-refractivity contribution in [2.45, 2.75) is 6.10 Å². The van der Waals surface area contributed by atoms with Gasteiger partial charge < -0.3 is 19.7 Å². The third-order valence-corrected chi connectivity index (χ3v) is 2.74. The van der Waals surface area contributed by atoms with Gasteiger partial charge in [-0.3, -0.25) is 0 Å². The molecule has 0 aliphatic rings. The van der Waals surface area contributed by atoms with Crippen LogP contribution in [-0.4, -0.2) is 30.4 Å². The summed E-state index contributed by atoms with van der Waals surface area (Å²) in [4.78, 5) is 11.2. The Hall–Kier alpha value is -1.27. The van der Waals surface area contributed by atoms with Crippen molar-refractivity contribution < 1.29 is 24.5 Å². The van der Waals surface area contributed by atoms with Gasteiger partial charge in [-0.15, -0.1) is 0 Å². The van der Waals surface area contributed by atoms with Gasteiger partial charge >= 0.3 is 5.97 Å². The molecule has 16 heavy (non-hydrogen) atoms. The van der Waals surface area contributed by atoms with Gasteiger partial charge in [0, 0.05) is 4.47 Å². The molecule has 5 nitrogen and oxygen atoms in total. The van der Waals surface area contributed by atoms with E-state index in [1.165, 1.54) is 13.2 Å². The van der Waals surface area contributed by atoms with E-state index >= 15 is 0 Å². The maximum atomic E-state index is 11.2. The predicted molar refractivity (Wildman–Crippen MR) is 59.3 cm³/mol. The van der Waals surface area contributed by atoms with E-state index in [0.717, 1.165) is 7.11 Å². The van der Waals surface area contributed by atoms with E-state index in [9.17, 15) is 15.0 Å². The van der Waals surface area contributed by atoms with Crippen molar-refractivity contribution in [1.29, 1.82) is 0 Å². The third kappa shape index (κ3) is 2.28. The molecular formula is C10H11BrO5. The smallest absolute Gasteiger partial charge is 0.339 e. The second kappa shape index (κ2) is 5.18. The zero-order valence-electron chi connectivity index (χ0n) is 8.73. The van der Waals surface area contributed by atoms with Crippen LogP contribution in [0.5, 0.6) is 11.5 Å². The minimum Gasteiger partial charge on any atom is -0.504 e. The largest absolute Gasteiger partial charge is 0.504 e. The molecule has 6 heteroatoms. The highest BCUT2D eigenvalue weighted by Crippen LogP contribution is 2.39. The molecule has 0 bridgehead atoms. The summed E-state index contributed by atoms with van der Waals surface area (Å²) in [7, 11) is 2.52. The number of rotatable bonds is 3. The highest BCUT2D eigenvalue weighted by Gasteiger charge is 2.26. The van der Waals surface area contributed by atoms with Gasteiger partial charge in [0.15, 0.2) is 17.6 Å². The number of carbonyl (C=O) groups is 1. The number of halogens is 1. The van der Waals surface area contributed by atoms with E-state index < -0.39 is 12.1 Å². The van der Waals surface area contributed by atoms with Gasteiger partial charge in [0.25, 0.3) is 0 Å². The number of phenolic OH excluding ortho intramolecular Hbond substituents is 1. The molecule has 0 spiro atoms. The first-order valence-electron chi connectivity index (χ1n) is 4.34. The SMILES string of the molecule is COC(=O)C(O)c1c(Br)ccc(OC)c1O. The summed E-state index contributed by atoms with van der Waals surface area (Å²) in [5.41, 5.74) is 0.0196. The molecule has 1 rings (SSSR count). The minimum absolute atomic E-state index is 0.0196. The number of benzene rings is 1. The van der Waals surface area contributed by atoms with Crippen molar-refractivity contribution in [1.82, 2.24) is 0 Å². The second-order valence-electron chi connectivity index (χ2n) is 2.94. The molecule has 88 valence electrons. The molecule has 1 atom stereocenters. The Bertz CT molecular complexity index is 404. The number of methoxy groups -OCH3 is 2. The number of esters is 1. The highest BCUT2D eigenvalue weighted by atomic mass is 79.9. The Morgan fingerprint density at radius 1 is 1.44 bits per heavy atom. The lowest BCUT2D eigenvalue weighted by Gasteiger charge is -2.14. The summed E-state index contributed by atoms with van der Waals surface area (Å²) < 4.78 is 9.65. The van der Waals surface area contributed by atoms with Gasteiger partial charge in [0.1, 0.15) is 0 Å². The topological polar surface area (TPSA) is 76.0 Å². The van der Waals surface area contributed by atoms with Crippen LogP contribution >= 0.6 is 15.9 Å². The molecule has 0 amide bonds. The summed E-state index contributed by atoms with van der Waals surface area (Å²) in [5.74, 6) is -0.986. The number of carbonyl (C=O) groups excluding carboxylic acids is 1. The Morgan fingerprint density at radius 2 is 2.06 bits per heavy atom. The van der Waals surface area contributed by atoms with Crippen LogP contribution in [0.4, 0.5) is 0 Å². The first kappa shape index (κ1) is 12.8. The van der Waals surface area contributed by atoms with Gasteiger partial charge in [0.2, 0.25) is 0 Å². The third-order valence-electron chi connectivity index (χ3n) is 2.04. The number of aliphatic hydroxyl groups excluding tert-OH is 1. The number of hydrogen-bond acceptors (Lipinski definition) is 5. The van der Waals surface area contributed by atoms with Crippen molar-refractivity contribution in [3.05, 3.63) is 22.2 Å². The van der Waals surface area contributed by atoms with Crippen LogP contribution in [0.2, 0.25) is 0 Å². The Kier molecular flexibility index (Phi) is 4.14. The van der Waals surface area contributed by atoms with Gasteiger partial charge in [-0.25, -0.2) is 4.79 Å². The Labute approximate surface area is 101 Å². The summed E-state index contributed by atoms with van der Waals surface area (Å²) in [6.45, 7) is 0. The Balaban J connectivity index is 3.26. The maximum absolute atomic E-state index is 11.2. The van der Waals surface area contributed by atoms with Crippen molar-refractivity contribution in [2.75, 3.05) is 14.2 Å². The molecule has 2 N–H and O–H groups in total. The highest BCUT2D eigenvalue weighted by molar-refractivity contribution is 9.10.